The molecule has 3 fully saturated rings. The lowest BCUT2D eigenvalue weighted by molar-refractivity contribution is -0.261. The molecule has 0 amide bonds. The van der Waals surface area contributed by atoms with Gasteiger partial charge in [0.1, 0.15) is 91.6 Å². The van der Waals surface area contributed by atoms with Crippen LogP contribution in [0.4, 0.5) is 0 Å². The van der Waals surface area contributed by atoms with E-state index in [1.807, 2.05) is 346 Å². The summed E-state index contributed by atoms with van der Waals surface area (Å²) in [6.07, 6.45) is -12.0. The summed E-state index contributed by atoms with van der Waals surface area (Å²) < 4.78 is 107. The van der Waals surface area contributed by atoms with E-state index in [-0.39, 0.29) is 79.3 Å². The quantitative estimate of drug-likeness (QED) is 0.0338. The van der Waals surface area contributed by atoms with Crippen molar-refractivity contribution in [2.24, 2.45) is 0 Å². The maximum absolute atomic E-state index is 7.41. The molecule has 0 saturated carbocycles. The highest BCUT2D eigenvalue weighted by Gasteiger charge is 2.51. The van der Waals surface area contributed by atoms with Crippen LogP contribution in [-0.2, 0) is 150 Å². The van der Waals surface area contributed by atoms with Crippen molar-refractivity contribution in [3.05, 3.63) is 466 Å². The van der Waals surface area contributed by atoms with Gasteiger partial charge in [-0.05, 0) is 85.0 Å². The first-order valence-corrected chi connectivity index (χ1v) is 44.4. The van der Waals surface area contributed by atoms with Crippen molar-refractivity contribution in [2.75, 3.05) is 19.8 Å². The van der Waals surface area contributed by atoms with Crippen LogP contribution in [0.25, 0.3) is 0 Å². The number of rotatable bonds is 39. The molecule has 0 unspecified atom stereocenters. The molecule has 15 nitrogen and oxygen atoms in total. The molecule has 0 aromatic heterocycles. The second kappa shape index (κ2) is 48.9. The van der Waals surface area contributed by atoms with Gasteiger partial charge in [0.2, 0.25) is 0 Å². The lowest BCUT2D eigenvalue weighted by Crippen LogP contribution is -2.60. The van der Waals surface area contributed by atoms with Crippen molar-refractivity contribution in [3.8, 4) is 35.5 Å². The molecule has 3 saturated heterocycles. The highest BCUT2D eigenvalue weighted by molar-refractivity contribution is 5.52. The van der Waals surface area contributed by atoms with E-state index in [0.29, 0.717) is 36.5 Å². The molecule has 0 aliphatic carbocycles. The highest BCUT2D eigenvalue weighted by Crippen LogP contribution is 2.36. The van der Waals surface area contributed by atoms with Gasteiger partial charge in [-0.3, -0.25) is 0 Å². The van der Waals surface area contributed by atoms with Crippen molar-refractivity contribution < 1.29 is 71.1 Å². The SMILES string of the molecule is C(#C[C@@H]1O[C@H](COCc2ccccc2)[C@@H](OCc2ccccc2)[C@H](OCc2ccccc2)[C@H]1OCc1ccccc1)c1cc(C#C[C@@H]2O[C@H](COCc3ccccc3)[C@@H](OCc3ccccc3)[C@H](OCc3ccccc3)[C@H]2OCc2ccccc2)cc(C#C[C@@H]2O[C@H](COCc3ccccc3)[C@@H](OCc3ccccc3)[C@H](OCc3ccccc3)[C@H]2OCc2ccccc2)c1. The maximum atomic E-state index is 7.41. The van der Waals surface area contributed by atoms with Crippen LogP contribution >= 0.6 is 0 Å². The molecule has 13 aromatic carbocycles. The van der Waals surface area contributed by atoms with Crippen LogP contribution in [0.5, 0.6) is 0 Å². The monoisotopic (exact) mass is 1720 g/mol. The maximum Gasteiger partial charge on any atom is 0.147 e. The molecule has 15 atom stereocenters. The Balaban J connectivity index is 0.838. The minimum Gasteiger partial charge on any atom is -0.374 e. The zero-order valence-electron chi connectivity index (χ0n) is 72.3. The van der Waals surface area contributed by atoms with Gasteiger partial charge in [0, 0.05) is 16.7 Å². The van der Waals surface area contributed by atoms with Crippen LogP contribution in [0.2, 0.25) is 0 Å². The molecule has 0 bridgehead atoms. The summed E-state index contributed by atoms with van der Waals surface area (Å²) in [5, 5.41) is 0. The van der Waals surface area contributed by atoms with E-state index in [0.717, 1.165) is 66.8 Å². The van der Waals surface area contributed by atoms with E-state index in [9.17, 15) is 0 Å². The summed E-state index contributed by atoms with van der Waals surface area (Å²) >= 11 is 0. The summed E-state index contributed by atoms with van der Waals surface area (Å²) in [5.74, 6) is 21.9. The fourth-order valence-electron chi connectivity index (χ4n) is 16.0. The first-order valence-electron chi connectivity index (χ1n) is 44.4. The van der Waals surface area contributed by atoms with Gasteiger partial charge < -0.3 is 71.1 Å². The van der Waals surface area contributed by atoms with Gasteiger partial charge in [0.05, 0.1) is 99.1 Å². The first kappa shape index (κ1) is 90.3. The van der Waals surface area contributed by atoms with Gasteiger partial charge in [-0.15, -0.1) is 0 Å². The molecule has 654 valence electrons. The normalized spacial score (nSPS) is 21.8. The summed E-state index contributed by atoms with van der Waals surface area (Å²) in [5.41, 5.74) is 13.4. The van der Waals surface area contributed by atoms with E-state index in [2.05, 4.69) is 71.9 Å². The Morgan fingerprint density at radius 3 is 0.488 bits per heavy atom. The Kier molecular flexibility index (Phi) is 34.2. The zero-order chi connectivity index (χ0) is 87.3. The number of benzene rings is 13. The van der Waals surface area contributed by atoms with E-state index in [4.69, 9.17) is 71.1 Å². The molecule has 13 aromatic rings. The highest BCUT2D eigenvalue weighted by atomic mass is 16.6. The van der Waals surface area contributed by atoms with Crippen LogP contribution < -0.4 is 0 Å². The van der Waals surface area contributed by atoms with Crippen LogP contribution in [0, 0.1) is 35.5 Å². The number of hydrogen-bond acceptors (Lipinski definition) is 15. The van der Waals surface area contributed by atoms with Gasteiger partial charge in [0.15, 0.2) is 0 Å². The Morgan fingerprint density at radius 2 is 0.318 bits per heavy atom. The largest absolute Gasteiger partial charge is 0.374 e. The molecule has 129 heavy (non-hydrogen) atoms. The van der Waals surface area contributed by atoms with E-state index >= 15 is 0 Å². The van der Waals surface area contributed by atoms with E-state index in [1.54, 1.807) is 0 Å². The lowest BCUT2D eigenvalue weighted by Gasteiger charge is -2.45. The van der Waals surface area contributed by atoms with Crippen molar-refractivity contribution >= 4 is 0 Å². The Hall–Kier alpha value is -12.1. The van der Waals surface area contributed by atoms with Crippen LogP contribution in [0.15, 0.2) is 382 Å². The standard InChI is InChI=1S/C114H108O15/c1-13-37-85(38-14-1)70-115-82-103-109(121-76-91-49-25-7-26-50-91)112(124-79-94-55-31-10-32-56-94)106(118-73-88-43-19-4-20-44-88)100(127-103)64-61-97-67-98(62-65-101-107(119-74-89-45-21-5-22-46-89)113(125-80-95-57-33-11-34-58-95)110(122-77-92-51-27-8-28-52-92)104(128-101)83-116-71-86-39-15-2-16-40-86)69-99(68-97)63-66-102-108(120-75-90-47-23-6-24-48-90)114(126-81-96-59-35-12-36-60-96)111(123-78-93-53-29-9-30-54-93)105(129-102)84-117-72-87-41-17-3-18-42-87/h1-60,67-69,100-114H,70-84H2/t100-,101-,102-,103+,104+,105+,106-,107-,108-,109+,110+,111+,112+,113+,114+/m0/s1. The minimum absolute atomic E-state index is 0.128. The molecule has 0 spiro atoms. The molecule has 3 aliphatic heterocycles. The predicted molar refractivity (Wildman–Crippen MR) is 497 cm³/mol. The number of hydrogen-bond donors (Lipinski definition) is 0. The lowest BCUT2D eigenvalue weighted by atomic mass is 9.93. The Bertz CT molecular complexity index is 5040. The summed E-state index contributed by atoms with van der Waals surface area (Å²) in [7, 11) is 0. The molecular formula is C114H108O15. The van der Waals surface area contributed by atoms with E-state index < -0.39 is 91.6 Å². The van der Waals surface area contributed by atoms with Gasteiger partial charge in [0.25, 0.3) is 0 Å². The number of ether oxygens (including phenoxy) is 15. The third kappa shape index (κ3) is 27.5. The average molecular weight is 1720 g/mol. The van der Waals surface area contributed by atoms with Crippen LogP contribution in [0.1, 0.15) is 83.5 Å². The first-order chi connectivity index (χ1) is 63.9. The second-order valence-corrected chi connectivity index (χ2v) is 32.2. The predicted octanol–water partition coefficient (Wildman–Crippen LogP) is 20.0. The van der Waals surface area contributed by atoms with Crippen molar-refractivity contribution in [1.29, 1.82) is 0 Å². The topological polar surface area (TPSA) is 138 Å². The smallest absolute Gasteiger partial charge is 0.147 e. The summed E-state index contributed by atoms with van der Waals surface area (Å²) in [6.45, 7) is 3.44. The Labute approximate surface area is 758 Å². The molecule has 16 rings (SSSR count). The molecule has 0 N–H and O–H groups in total. The average Bonchev–Trinajstić information content (AvgIpc) is 0.793. The van der Waals surface area contributed by atoms with E-state index in [1.165, 1.54) is 0 Å². The van der Waals surface area contributed by atoms with Gasteiger partial charge in [-0.25, -0.2) is 0 Å². The van der Waals surface area contributed by atoms with Gasteiger partial charge in [-0.2, -0.15) is 0 Å². The fraction of sp³-hybridized carbons (Fsp3) is 0.263. The third-order valence-corrected chi connectivity index (χ3v) is 22.7. The fourth-order valence-corrected chi connectivity index (χ4v) is 16.0. The molecule has 3 aliphatic rings. The van der Waals surface area contributed by atoms with Crippen molar-refractivity contribution in [3.63, 3.8) is 0 Å². The second-order valence-electron chi connectivity index (χ2n) is 32.2. The minimum atomic E-state index is -0.950. The molecule has 0 radical (unpaired) electrons. The van der Waals surface area contributed by atoms with Crippen molar-refractivity contribution in [2.45, 2.75) is 171 Å². The van der Waals surface area contributed by atoms with Crippen molar-refractivity contribution in [1.82, 2.24) is 0 Å². The van der Waals surface area contributed by atoms with Gasteiger partial charge in [-0.1, -0.05) is 400 Å². The molecular weight excluding hydrogens is 1610 g/mol. The Morgan fingerprint density at radius 1 is 0.171 bits per heavy atom. The zero-order valence-corrected chi connectivity index (χ0v) is 72.3. The molecule has 15 heteroatoms. The van der Waals surface area contributed by atoms with Crippen LogP contribution in [0.3, 0.4) is 0 Å². The molecule has 3 heterocycles. The van der Waals surface area contributed by atoms with Gasteiger partial charge >= 0.3 is 0 Å². The summed E-state index contributed by atoms with van der Waals surface area (Å²) in [4.78, 5) is 0. The van der Waals surface area contributed by atoms with Crippen LogP contribution in [-0.4, -0.2) is 111 Å². The summed E-state index contributed by atoms with van der Waals surface area (Å²) in [6, 6.07) is 127. The third-order valence-electron chi connectivity index (χ3n) is 22.7.